The van der Waals surface area contributed by atoms with Crippen molar-refractivity contribution in [1.82, 2.24) is 15.5 Å². The fraction of sp³-hybridized carbons (Fsp3) is 0.500. The molecule has 7 heteroatoms. The zero-order valence-electron chi connectivity index (χ0n) is 11.8. The van der Waals surface area contributed by atoms with E-state index < -0.39 is 11.6 Å². The molecular formula is C14H17N3O3S. The molecule has 1 saturated heterocycles. The van der Waals surface area contributed by atoms with Gasteiger partial charge in [0.05, 0.1) is 0 Å². The summed E-state index contributed by atoms with van der Waals surface area (Å²) < 4.78 is 0. The number of carbonyl (C=O) groups is 3. The zero-order chi connectivity index (χ0) is 15.0. The Balaban J connectivity index is 1.89. The summed E-state index contributed by atoms with van der Waals surface area (Å²) in [7, 11) is 0. The molecule has 0 bridgehead atoms. The first-order chi connectivity index (χ1) is 10.1. The lowest BCUT2D eigenvalue weighted by Crippen LogP contribution is -2.46. The van der Waals surface area contributed by atoms with E-state index in [4.69, 9.17) is 0 Å². The van der Waals surface area contributed by atoms with E-state index in [-0.39, 0.29) is 18.4 Å². The van der Waals surface area contributed by atoms with Gasteiger partial charge in [0.25, 0.3) is 5.91 Å². The second-order valence-corrected chi connectivity index (χ2v) is 6.29. The highest BCUT2D eigenvalue weighted by Gasteiger charge is 2.54. The molecule has 4 amide bonds. The van der Waals surface area contributed by atoms with Crippen molar-refractivity contribution in [2.75, 3.05) is 13.1 Å². The number of hydrogen-bond donors (Lipinski definition) is 2. The summed E-state index contributed by atoms with van der Waals surface area (Å²) in [6.07, 6.45) is 2.38. The Morgan fingerprint density at radius 2 is 2.33 bits per heavy atom. The number of nitrogens with one attached hydrogen (secondary N) is 2. The number of thiophene rings is 1. The number of aryl methyl sites for hydroxylation is 1. The molecule has 0 saturated carbocycles. The van der Waals surface area contributed by atoms with Crippen molar-refractivity contribution >= 4 is 29.2 Å². The topological polar surface area (TPSA) is 78.5 Å². The van der Waals surface area contributed by atoms with E-state index in [0.717, 1.165) is 28.2 Å². The van der Waals surface area contributed by atoms with Crippen LogP contribution in [0.4, 0.5) is 4.79 Å². The molecule has 1 aliphatic heterocycles. The molecule has 1 unspecified atom stereocenters. The number of likely N-dealkylation sites (N-methyl/N-ethyl adjacent to an activating group) is 1. The largest absolute Gasteiger partial charge is 0.355 e. The van der Waals surface area contributed by atoms with Gasteiger partial charge in [-0.15, -0.1) is 11.3 Å². The van der Waals surface area contributed by atoms with Crippen molar-refractivity contribution in [3.05, 3.63) is 21.9 Å². The predicted molar refractivity (Wildman–Crippen MR) is 77.9 cm³/mol. The number of fused-ring (bicyclic) bond motifs is 2. The second-order valence-electron chi connectivity index (χ2n) is 5.29. The van der Waals surface area contributed by atoms with E-state index >= 15 is 0 Å². The monoisotopic (exact) mass is 307 g/mol. The lowest BCUT2D eigenvalue weighted by atomic mass is 9.80. The smallest absolute Gasteiger partial charge is 0.325 e. The molecule has 1 aromatic rings. The van der Waals surface area contributed by atoms with Gasteiger partial charge >= 0.3 is 6.03 Å². The van der Waals surface area contributed by atoms with Gasteiger partial charge in [-0.1, -0.05) is 0 Å². The molecule has 21 heavy (non-hydrogen) atoms. The summed E-state index contributed by atoms with van der Waals surface area (Å²) in [6.45, 7) is 2.05. The van der Waals surface area contributed by atoms with Gasteiger partial charge in [0.2, 0.25) is 5.91 Å². The lowest BCUT2D eigenvalue weighted by molar-refractivity contribution is -0.135. The number of rotatable bonds is 3. The van der Waals surface area contributed by atoms with Crippen molar-refractivity contribution in [3.63, 3.8) is 0 Å². The minimum absolute atomic E-state index is 0.222. The summed E-state index contributed by atoms with van der Waals surface area (Å²) in [5, 5.41) is 7.38. The summed E-state index contributed by atoms with van der Waals surface area (Å²) in [5.41, 5.74) is -0.0625. The summed E-state index contributed by atoms with van der Waals surface area (Å²) >= 11 is 1.61. The van der Waals surface area contributed by atoms with Crippen LogP contribution in [0.3, 0.4) is 0 Å². The van der Waals surface area contributed by atoms with Gasteiger partial charge in [0, 0.05) is 17.0 Å². The van der Waals surface area contributed by atoms with Crippen LogP contribution in [0.15, 0.2) is 11.4 Å². The van der Waals surface area contributed by atoms with Crippen LogP contribution in [0.5, 0.6) is 0 Å². The molecule has 0 aromatic carbocycles. The van der Waals surface area contributed by atoms with Gasteiger partial charge in [-0.25, -0.2) is 4.79 Å². The fourth-order valence-corrected chi connectivity index (χ4v) is 4.08. The average molecular weight is 307 g/mol. The summed E-state index contributed by atoms with van der Waals surface area (Å²) in [5.74, 6) is -0.627. The SMILES string of the molecule is CCNC(=O)CN1C(=O)NC2(CCCc3sccc32)C1=O. The number of nitrogens with zero attached hydrogens (tertiary/aromatic N) is 1. The Kier molecular flexibility index (Phi) is 3.44. The van der Waals surface area contributed by atoms with Crippen molar-refractivity contribution < 1.29 is 14.4 Å². The van der Waals surface area contributed by atoms with Crippen molar-refractivity contribution in [2.24, 2.45) is 0 Å². The van der Waals surface area contributed by atoms with Crippen LogP contribution in [0.1, 0.15) is 30.2 Å². The molecular weight excluding hydrogens is 290 g/mol. The Morgan fingerprint density at radius 1 is 1.52 bits per heavy atom. The Morgan fingerprint density at radius 3 is 3.10 bits per heavy atom. The van der Waals surface area contributed by atoms with E-state index in [1.54, 1.807) is 18.3 Å². The minimum Gasteiger partial charge on any atom is -0.355 e. The van der Waals surface area contributed by atoms with Crippen LogP contribution in [0, 0.1) is 0 Å². The molecule has 112 valence electrons. The lowest BCUT2D eigenvalue weighted by Gasteiger charge is -2.31. The Hall–Kier alpha value is -1.89. The maximum Gasteiger partial charge on any atom is 0.325 e. The van der Waals surface area contributed by atoms with Gasteiger partial charge in [-0.2, -0.15) is 0 Å². The van der Waals surface area contributed by atoms with Crippen LogP contribution in [-0.2, 0) is 21.5 Å². The first-order valence-electron chi connectivity index (χ1n) is 7.06. The van der Waals surface area contributed by atoms with Gasteiger partial charge in [-0.3, -0.25) is 14.5 Å². The highest BCUT2D eigenvalue weighted by molar-refractivity contribution is 7.10. The standard InChI is InChI=1S/C14H17N3O3S/c1-2-15-11(18)8-17-12(19)14(16-13(17)20)6-3-4-10-9(14)5-7-21-10/h5,7H,2-4,6,8H2,1H3,(H,15,18)(H,16,20). The Bertz CT molecular complexity index is 612. The molecule has 1 aromatic heterocycles. The third-order valence-corrected chi connectivity index (χ3v) is 4.99. The molecule has 1 aliphatic carbocycles. The predicted octanol–water partition coefficient (Wildman–Crippen LogP) is 0.968. The molecule has 2 aliphatic rings. The first kappa shape index (κ1) is 14.1. The van der Waals surface area contributed by atoms with E-state index in [0.29, 0.717) is 13.0 Å². The second kappa shape index (κ2) is 5.14. The quantitative estimate of drug-likeness (QED) is 0.817. The van der Waals surface area contributed by atoms with Crippen molar-refractivity contribution in [2.45, 2.75) is 31.7 Å². The number of imide groups is 1. The first-order valence-corrected chi connectivity index (χ1v) is 7.94. The summed E-state index contributed by atoms with van der Waals surface area (Å²) in [4.78, 5) is 38.8. The number of hydrogen-bond acceptors (Lipinski definition) is 4. The number of urea groups is 1. The fourth-order valence-electron chi connectivity index (χ4n) is 3.08. The normalized spacial score (nSPS) is 24.1. The summed E-state index contributed by atoms with van der Waals surface area (Å²) in [6, 6.07) is 1.43. The van der Waals surface area contributed by atoms with Gasteiger partial charge in [0.1, 0.15) is 12.1 Å². The van der Waals surface area contributed by atoms with Crippen LogP contribution >= 0.6 is 11.3 Å². The van der Waals surface area contributed by atoms with E-state index in [9.17, 15) is 14.4 Å². The highest BCUT2D eigenvalue weighted by atomic mass is 32.1. The Labute approximate surface area is 126 Å². The minimum atomic E-state index is -0.961. The zero-order valence-corrected chi connectivity index (χ0v) is 12.6. The van der Waals surface area contributed by atoms with E-state index in [2.05, 4.69) is 10.6 Å². The van der Waals surface area contributed by atoms with E-state index in [1.807, 2.05) is 11.4 Å². The van der Waals surface area contributed by atoms with Crippen molar-refractivity contribution in [1.29, 1.82) is 0 Å². The molecule has 2 heterocycles. The van der Waals surface area contributed by atoms with Crippen molar-refractivity contribution in [3.8, 4) is 0 Å². The molecule has 1 spiro atoms. The van der Waals surface area contributed by atoms with Gasteiger partial charge in [0.15, 0.2) is 0 Å². The maximum atomic E-state index is 12.8. The van der Waals surface area contributed by atoms with Gasteiger partial charge < -0.3 is 10.6 Å². The maximum absolute atomic E-state index is 12.8. The van der Waals surface area contributed by atoms with Crippen LogP contribution in [0.25, 0.3) is 0 Å². The molecule has 2 N–H and O–H groups in total. The number of amides is 4. The van der Waals surface area contributed by atoms with E-state index in [1.165, 1.54) is 0 Å². The molecule has 3 rings (SSSR count). The molecule has 1 fully saturated rings. The molecule has 0 radical (unpaired) electrons. The third kappa shape index (κ3) is 2.12. The molecule has 1 atom stereocenters. The van der Waals surface area contributed by atoms with Crippen LogP contribution in [-0.4, -0.2) is 35.8 Å². The van der Waals surface area contributed by atoms with Crippen LogP contribution < -0.4 is 10.6 Å². The highest BCUT2D eigenvalue weighted by Crippen LogP contribution is 2.41. The average Bonchev–Trinajstić information content (AvgIpc) is 3.01. The van der Waals surface area contributed by atoms with Gasteiger partial charge in [-0.05, 0) is 37.6 Å². The van der Waals surface area contributed by atoms with Crippen LogP contribution in [0.2, 0.25) is 0 Å². The number of carbonyl (C=O) groups excluding carboxylic acids is 3. The molecule has 6 nitrogen and oxygen atoms in total. The third-order valence-electron chi connectivity index (χ3n) is 4.01.